The zero-order valence-electron chi connectivity index (χ0n) is 12.0. The molecule has 2 heteroatoms. The first-order valence-electron chi connectivity index (χ1n) is 6.98. The highest BCUT2D eigenvalue weighted by molar-refractivity contribution is 5.58. The van der Waals surface area contributed by atoms with Crippen molar-refractivity contribution in [1.29, 1.82) is 5.26 Å². The third-order valence-corrected chi connectivity index (χ3v) is 3.80. The molecule has 0 saturated heterocycles. The second kappa shape index (κ2) is 5.68. The molecule has 1 aliphatic carbocycles. The number of hydrogen-bond acceptors (Lipinski definition) is 2. The molecular weight excluding hydrogens is 256 g/mol. The largest absolute Gasteiger partial charge is 0.348 e. The van der Waals surface area contributed by atoms with Gasteiger partial charge in [0.15, 0.2) is 0 Å². The second-order valence-corrected chi connectivity index (χ2v) is 5.08. The van der Waals surface area contributed by atoms with Crippen LogP contribution in [0.3, 0.4) is 0 Å². The lowest BCUT2D eigenvalue weighted by Gasteiger charge is -2.21. The number of anilines is 1. The van der Waals surface area contributed by atoms with Crippen LogP contribution < -0.4 is 15.3 Å². The SMILES string of the molecule is CN(C1=CC=c2ccccc2=CC1)c1ccc(C#N)cc1. The van der Waals surface area contributed by atoms with Gasteiger partial charge in [0.05, 0.1) is 11.6 Å². The molecule has 0 aromatic heterocycles. The Morgan fingerprint density at radius 2 is 1.67 bits per heavy atom. The number of benzene rings is 2. The van der Waals surface area contributed by atoms with Crippen molar-refractivity contribution in [2.45, 2.75) is 6.42 Å². The highest BCUT2D eigenvalue weighted by atomic mass is 15.1. The van der Waals surface area contributed by atoms with E-state index >= 15 is 0 Å². The Balaban J connectivity index is 1.92. The van der Waals surface area contributed by atoms with E-state index < -0.39 is 0 Å². The first kappa shape index (κ1) is 13.2. The molecule has 0 unspecified atom stereocenters. The third-order valence-electron chi connectivity index (χ3n) is 3.80. The average molecular weight is 272 g/mol. The summed E-state index contributed by atoms with van der Waals surface area (Å²) in [6, 6.07) is 18.2. The van der Waals surface area contributed by atoms with Crippen LogP contribution >= 0.6 is 0 Å². The van der Waals surface area contributed by atoms with Crippen LogP contribution in [0, 0.1) is 11.3 Å². The van der Waals surface area contributed by atoms with Crippen LogP contribution in [0.4, 0.5) is 5.69 Å². The van der Waals surface area contributed by atoms with E-state index in [0.717, 1.165) is 12.1 Å². The van der Waals surface area contributed by atoms with Gasteiger partial charge in [-0.2, -0.15) is 5.26 Å². The van der Waals surface area contributed by atoms with Crippen LogP contribution in [-0.2, 0) is 0 Å². The lowest BCUT2D eigenvalue weighted by atomic mass is 10.2. The van der Waals surface area contributed by atoms with Crippen molar-refractivity contribution in [2.75, 3.05) is 11.9 Å². The first-order valence-corrected chi connectivity index (χ1v) is 6.98. The van der Waals surface area contributed by atoms with Crippen molar-refractivity contribution < 1.29 is 0 Å². The Kier molecular flexibility index (Phi) is 3.57. The summed E-state index contributed by atoms with van der Waals surface area (Å²) in [5.41, 5.74) is 3.01. The van der Waals surface area contributed by atoms with E-state index in [4.69, 9.17) is 5.26 Å². The monoisotopic (exact) mass is 272 g/mol. The Labute approximate surface area is 124 Å². The molecule has 2 aromatic rings. The molecule has 21 heavy (non-hydrogen) atoms. The maximum atomic E-state index is 8.87. The second-order valence-electron chi connectivity index (χ2n) is 5.08. The normalized spacial score (nSPS) is 12.9. The molecule has 2 aromatic carbocycles. The van der Waals surface area contributed by atoms with Gasteiger partial charge in [-0.05, 0) is 40.8 Å². The number of hydrogen-bond donors (Lipinski definition) is 0. The number of rotatable bonds is 2. The van der Waals surface area contributed by atoms with Crippen molar-refractivity contribution in [3.05, 3.63) is 76.3 Å². The zero-order valence-corrected chi connectivity index (χ0v) is 12.0. The summed E-state index contributed by atoms with van der Waals surface area (Å²) in [4.78, 5) is 2.17. The number of nitriles is 1. The summed E-state index contributed by atoms with van der Waals surface area (Å²) >= 11 is 0. The Morgan fingerprint density at radius 1 is 0.952 bits per heavy atom. The van der Waals surface area contributed by atoms with Gasteiger partial charge in [-0.15, -0.1) is 0 Å². The predicted molar refractivity (Wildman–Crippen MR) is 86.9 cm³/mol. The van der Waals surface area contributed by atoms with Gasteiger partial charge in [-0.3, -0.25) is 0 Å². The Hall–Kier alpha value is -2.79. The Morgan fingerprint density at radius 3 is 2.38 bits per heavy atom. The summed E-state index contributed by atoms with van der Waals surface area (Å²) in [7, 11) is 2.06. The van der Waals surface area contributed by atoms with Crippen LogP contribution in [0.15, 0.2) is 60.3 Å². The first-order chi connectivity index (χ1) is 10.3. The molecule has 0 radical (unpaired) electrons. The van der Waals surface area contributed by atoms with E-state index in [1.54, 1.807) is 0 Å². The fourth-order valence-corrected chi connectivity index (χ4v) is 2.49. The predicted octanol–water partition coefficient (Wildman–Crippen LogP) is 2.54. The van der Waals surface area contributed by atoms with Crippen molar-refractivity contribution >= 4 is 17.8 Å². The van der Waals surface area contributed by atoms with Gasteiger partial charge >= 0.3 is 0 Å². The van der Waals surface area contributed by atoms with Gasteiger partial charge in [0, 0.05) is 24.9 Å². The van der Waals surface area contributed by atoms with Crippen LogP contribution in [0.1, 0.15) is 12.0 Å². The van der Waals surface area contributed by atoms with Gasteiger partial charge in [0.2, 0.25) is 0 Å². The number of fused-ring (bicyclic) bond motifs is 1. The number of allylic oxidation sites excluding steroid dienone is 2. The molecule has 1 aliphatic rings. The van der Waals surface area contributed by atoms with Crippen LogP contribution in [0.5, 0.6) is 0 Å². The summed E-state index contributed by atoms with van der Waals surface area (Å²) in [5, 5.41) is 11.4. The lowest BCUT2D eigenvalue weighted by molar-refractivity contribution is 1.05. The van der Waals surface area contributed by atoms with Gasteiger partial charge in [0.25, 0.3) is 0 Å². The molecule has 3 rings (SSSR count). The molecule has 0 spiro atoms. The van der Waals surface area contributed by atoms with E-state index in [9.17, 15) is 0 Å². The summed E-state index contributed by atoms with van der Waals surface area (Å²) in [6.07, 6.45) is 7.48. The van der Waals surface area contributed by atoms with Crippen LogP contribution in [-0.4, -0.2) is 7.05 Å². The zero-order chi connectivity index (χ0) is 14.7. The van der Waals surface area contributed by atoms with Crippen molar-refractivity contribution in [1.82, 2.24) is 0 Å². The lowest BCUT2D eigenvalue weighted by Crippen LogP contribution is -2.22. The molecule has 0 saturated carbocycles. The van der Waals surface area contributed by atoms with Gasteiger partial charge in [-0.1, -0.05) is 36.4 Å². The van der Waals surface area contributed by atoms with Crippen LogP contribution in [0.2, 0.25) is 0 Å². The molecule has 2 nitrogen and oxygen atoms in total. The minimum atomic E-state index is 0.688. The standard InChI is InChI=1S/C19H16N2/c1-21(18-10-6-15(14-20)7-11-18)19-12-8-16-4-2-3-5-17(16)9-13-19/h2-12H,13H2,1H3. The average Bonchev–Trinajstić information content (AvgIpc) is 2.77. The molecule has 102 valence electrons. The van der Waals surface area contributed by atoms with Crippen molar-refractivity contribution in [3.63, 3.8) is 0 Å². The third kappa shape index (κ3) is 2.73. The highest BCUT2D eigenvalue weighted by Gasteiger charge is 2.07. The van der Waals surface area contributed by atoms with E-state index in [-0.39, 0.29) is 0 Å². The molecular formula is C19H16N2. The maximum absolute atomic E-state index is 8.87. The summed E-state index contributed by atoms with van der Waals surface area (Å²) < 4.78 is 0. The summed E-state index contributed by atoms with van der Waals surface area (Å²) in [5.74, 6) is 0. The summed E-state index contributed by atoms with van der Waals surface area (Å²) in [6.45, 7) is 0. The number of nitrogens with zero attached hydrogens (tertiary/aromatic N) is 2. The quantitative estimate of drug-likeness (QED) is 0.840. The highest BCUT2D eigenvalue weighted by Crippen LogP contribution is 2.20. The van der Waals surface area contributed by atoms with E-state index in [1.807, 2.05) is 24.3 Å². The minimum absolute atomic E-state index is 0.688. The van der Waals surface area contributed by atoms with Crippen LogP contribution in [0.25, 0.3) is 12.2 Å². The topological polar surface area (TPSA) is 27.0 Å². The van der Waals surface area contributed by atoms with Gasteiger partial charge in [0.1, 0.15) is 0 Å². The molecule has 0 N–H and O–H groups in total. The van der Waals surface area contributed by atoms with E-state index in [2.05, 4.69) is 60.5 Å². The molecule has 0 fully saturated rings. The molecule has 0 bridgehead atoms. The van der Waals surface area contributed by atoms with E-state index in [1.165, 1.54) is 16.1 Å². The molecule has 0 atom stereocenters. The maximum Gasteiger partial charge on any atom is 0.0991 e. The molecule has 0 amide bonds. The fourth-order valence-electron chi connectivity index (χ4n) is 2.49. The van der Waals surface area contributed by atoms with Gasteiger partial charge < -0.3 is 4.90 Å². The van der Waals surface area contributed by atoms with Crippen molar-refractivity contribution in [2.24, 2.45) is 0 Å². The fraction of sp³-hybridized carbons (Fsp3) is 0.105. The van der Waals surface area contributed by atoms with Crippen molar-refractivity contribution in [3.8, 4) is 6.07 Å². The molecule has 0 aliphatic heterocycles. The Bertz CT molecular complexity index is 836. The minimum Gasteiger partial charge on any atom is -0.348 e. The smallest absolute Gasteiger partial charge is 0.0991 e. The van der Waals surface area contributed by atoms with Gasteiger partial charge in [-0.25, -0.2) is 0 Å². The van der Waals surface area contributed by atoms with E-state index in [0.29, 0.717) is 5.56 Å². The molecule has 0 heterocycles.